The van der Waals surface area contributed by atoms with Crippen molar-refractivity contribution in [2.45, 2.75) is 140 Å². The van der Waals surface area contributed by atoms with E-state index in [1.54, 1.807) is 11.0 Å². The number of hydrogen-bond donors (Lipinski definition) is 2. The second-order valence-corrected chi connectivity index (χ2v) is 25.1. The Labute approximate surface area is 389 Å². The zero-order valence-electron chi connectivity index (χ0n) is 38.1. The van der Waals surface area contributed by atoms with Gasteiger partial charge in [0.25, 0.3) is 0 Å². The summed E-state index contributed by atoms with van der Waals surface area (Å²) in [6.07, 6.45) is 3.88. The Morgan fingerprint density at radius 1 is 0.712 bits per heavy atom. The summed E-state index contributed by atoms with van der Waals surface area (Å²) < 4.78 is 84.4. The molecule has 4 amide bonds. The van der Waals surface area contributed by atoms with E-state index in [-0.39, 0.29) is 84.1 Å². The Morgan fingerprint density at radius 3 is 2.02 bits per heavy atom. The number of carbonyl (C=O) groups is 4. The van der Waals surface area contributed by atoms with Crippen molar-refractivity contribution in [3.8, 4) is 0 Å². The van der Waals surface area contributed by atoms with Crippen molar-refractivity contribution in [3.05, 3.63) is 71.8 Å². The molecule has 6 saturated carbocycles. The Balaban J connectivity index is 0.923. The van der Waals surface area contributed by atoms with Crippen LogP contribution in [0, 0.1) is 69.0 Å². The first-order valence-corrected chi connectivity index (χ1v) is 26.1. The third kappa shape index (κ3) is 7.16. The van der Waals surface area contributed by atoms with Crippen molar-refractivity contribution in [2.24, 2.45) is 69.0 Å². The quantitative estimate of drug-likeness (QED) is 0.177. The van der Waals surface area contributed by atoms with Crippen molar-refractivity contribution in [3.63, 3.8) is 0 Å². The van der Waals surface area contributed by atoms with Gasteiger partial charge in [-0.05, 0) is 12.1 Å². The molecular weight excluding hydrogens is 924 g/mol. The molecule has 15 atom stereocenters. The van der Waals surface area contributed by atoms with Gasteiger partial charge in [-0.3, -0.25) is 4.79 Å². The number of piperidine rings is 1. The van der Waals surface area contributed by atoms with Crippen molar-refractivity contribution >= 4 is 48.7 Å². The van der Waals surface area contributed by atoms with Crippen LogP contribution in [0.5, 0.6) is 0 Å². The van der Waals surface area contributed by atoms with Gasteiger partial charge in [-0.15, -0.1) is 0 Å². The Hall–Kier alpha value is -3.64. The number of halogens is 6. The van der Waals surface area contributed by atoms with Crippen LogP contribution in [0.25, 0.3) is 0 Å². The van der Waals surface area contributed by atoms with Crippen LogP contribution in [0.3, 0.4) is 0 Å². The van der Waals surface area contributed by atoms with Crippen molar-refractivity contribution in [2.75, 3.05) is 5.32 Å². The molecule has 6 aliphatic carbocycles. The molecule has 2 aliphatic heterocycles. The average Bonchev–Trinajstić information content (AvgIpc) is 3.81. The molecule has 8 aliphatic rings. The van der Waals surface area contributed by atoms with E-state index in [4.69, 9.17) is 0 Å². The number of benzene rings is 2. The number of hydrogen-bond acceptors (Lipinski definition) is 4. The maximum absolute atomic E-state index is 15.7. The standard InChI is InChI=1S/C52H61F6N3O4Se/c1-47-23-21-35-31(32(47)14-16-37(47)44(63)59-39-26-28(51(53,54)55)10-13-36(39)52(56,57)58)12-19-42-50(35,4)27-40(66-29-8-6-5-7-9-29)46(65)61(42)45(64)38-17-15-33-30-11-18-41-49(3,25-22-43(62)60-41)34(30)20-24-48(33,38)2/h5-10,13,22,25-26,30-35,37-38,40-42H,11-12,14-21,23-24,27H2,1-4H3,(H,59,63)(H,60,62)/t30-,31-,32?,33?,34?,35?,37+,38-,40?,41+,42+,47-,48-,49+,50+/m0/s1. The van der Waals surface area contributed by atoms with E-state index in [1.807, 2.05) is 25.1 Å². The zero-order chi connectivity index (χ0) is 46.9. The number of rotatable bonds is 5. The minimum atomic E-state index is -4.97. The molecule has 356 valence electrons. The van der Waals surface area contributed by atoms with E-state index >= 15 is 9.59 Å². The van der Waals surface area contributed by atoms with Crippen LogP contribution in [0.15, 0.2) is 60.7 Å². The molecule has 0 radical (unpaired) electrons. The van der Waals surface area contributed by atoms with Gasteiger partial charge in [-0.25, -0.2) is 0 Å². The molecule has 0 spiro atoms. The van der Waals surface area contributed by atoms with Gasteiger partial charge in [0.15, 0.2) is 0 Å². The van der Waals surface area contributed by atoms with E-state index in [0.29, 0.717) is 74.5 Å². The van der Waals surface area contributed by atoms with Crippen LogP contribution in [0.2, 0.25) is 4.82 Å². The van der Waals surface area contributed by atoms with Crippen LogP contribution in [-0.4, -0.2) is 55.6 Å². The van der Waals surface area contributed by atoms with Gasteiger partial charge in [-0.1, -0.05) is 0 Å². The molecule has 0 bridgehead atoms. The molecule has 0 aromatic heterocycles. The van der Waals surface area contributed by atoms with E-state index in [2.05, 4.69) is 49.6 Å². The van der Waals surface area contributed by atoms with Gasteiger partial charge in [0.2, 0.25) is 5.91 Å². The number of nitrogens with one attached hydrogen (secondary N) is 2. The predicted molar refractivity (Wildman–Crippen MR) is 238 cm³/mol. The Morgan fingerprint density at radius 2 is 1.33 bits per heavy atom. The molecule has 10 rings (SSSR count). The van der Waals surface area contributed by atoms with Crippen LogP contribution in [0.1, 0.15) is 122 Å². The first-order chi connectivity index (χ1) is 31.1. The minimum absolute atomic E-state index is 0.0116. The first kappa shape index (κ1) is 46.1. The topological polar surface area (TPSA) is 95.6 Å². The summed E-state index contributed by atoms with van der Waals surface area (Å²) >= 11 is -0.243. The number of fused-ring (bicyclic) bond motifs is 10. The summed E-state index contributed by atoms with van der Waals surface area (Å²) in [6, 6.07) is 11.1. The molecule has 2 aromatic carbocycles. The SMILES string of the molecule is C[C@]12CCC3[C@@H](CC[C@H]4N(C(=O)[C@@H]5CCC6[C@@H]7CC[C@H]8NC(=O)C=C[C@]8(C)C7CC[C@@]65C)C(=O)C([Se]c5ccccc5)C[C@]34C)C1CC[C@@H]2C(=O)Nc1cc(C(F)(F)F)ccc1C(F)(F)F. The van der Waals surface area contributed by atoms with E-state index in [1.165, 1.54) is 0 Å². The second-order valence-electron chi connectivity index (χ2n) is 22.5. The minimum Gasteiger partial charge on any atom is -0.166 e. The van der Waals surface area contributed by atoms with Gasteiger partial charge in [-0.2, -0.15) is 26.3 Å². The third-order valence-corrected chi connectivity index (χ3v) is 22.2. The van der Waals surface area contributed by atoms with Crippen LogP contribution in [-0.2, 0) is 31.5 Å². The van der Waals surface area contributed by atoms with Crippen molar-refractivity contribution in [1.29, 1.82) is 0 Å². The van der Waals surface area contributed by atoms with Gasteiger partial charge in [0, 0.05) is 0 Å². The number of imide groups is 1. The van der Waals surface area contributed by atoms with Crippen molar-refractivity contribution in [1.82, 2.24) is 10.2 Å². The van der Waals surface area contributed by atoms with Crippen molar-refractivity contribution < 1.29 is 45.5 Å². The molecule has 14 heteroatoms. The summed E-state index contributed by atoms with van der Waals surface area (Å²) in [4.78, 5) is 58.7. The monoisotopic (exact) mass is 985 g/mol. The summed E-state index contributed by atoms with van der Waals surface area (Å²) in [5, 5.41) is 5.57. The molecule has 7 nitrogen and oxygen atoms in total. The van der Waals surface area contributed by atoms with E-state index in [9.17, 15) is 35.9 Å². The van der Waals surface area contributed by atoms with E-state index < -0.39 is 51.8 Å². The summed E-state index contributed by atoms with van der Waals surface area (Å²) in [6.45, 7) is 8.95. The predicted octanol–water partition coefficient (Wildman–Crippen LogP) is 10.4. The molecule has 2 heterocycles. The normalized spacial score (nSPS) is 41.7. The first-order valence-electron chi connectivity index (χ1n) is 24.3. The van der Waals surface area contributed by atoms with Gasteiger partial charge in [0.05, 0.1) is 5.56 Å². The summed E-state index contributed by atoms with van der Waals surface area (Å²) in [5.74, 6) is -0.228. The average molecular weight is 985 g/mol. The maximum atomic E-state index is 15.7. The summed E-state index contributed by atoms with van der Waals surface area (Å²) in [5.41, 5.74) is -4.85. The number of amides is 4. The number of carbonyl (C=O) groups excluding carboxylic acids is 4. The third-order valence-electron chi connectivity index (χ3n) is 19.7. The molecule has 7 fully saturated rings. The Bertz CT molecular complexity index is 2340. The van der Waals surface area contributed by atoms with Gasteiger partial charge >= 0.3 is 336 Å². The molecule has 66 heavy (non-hydrogen) atoms. The number of nitrogens with zero attached hydrogens (tertiary/aromatic N) is 1. The molecule has 1 saturated heterocycles. The number of alkyl halides is 6. The van der Waals surface area contributed by atoms with Crippen LogP contribution in [0.4, 0.5) is 32.0 Å². The molecule has 5 unspecified atom stereocenters. The second kappa shape index (κ2) is 16.0. The van der Waals surface area contributed by atoms with Crippen LogP contribution >= 0.6 is 0 Å². The number of anilines is 1. The molecule has 2 N–H and O–H groups in total. The van der Waals surface area contributed by atoms with Crippen LogP contribution < -0.4 is 15.1 Å². The zero-order valence-corrected chi connectivity index (χ0v) is 39.8. The smallest absolute Gasteiger partial charge is 0.166 e. The fourth-order valence-electron chi connectivity index (χ4n) is 16.6. The number of likely N-dealkylation sites (tertiary alicyclic amines) is 1. The fraction of sp³-hybridized carbons (Fsp3) is 0.654. The van der Waals surface area contributed by atoms with E-state index in [0.717, 1.165) is 49.4 Å². The van der Waals surface area contributed by atoms with Gasteiger partial charge in [0.1, 0.15) is 0 Å². The summed E-state index contributed by atoms with van der Waals surface area (Å²) in [7, 11) is 0. The Kier molecular flexibility index (Phi) is 11.1. The molecule has 2 aromatic rings. The molecular formula is C52H61F6N3O4Se. The fourth-order valence-corrected chi connectivity index (χ4v) is 19.3. The van der Waals surface area contributed by atoms with Gasteiger partial charge < -0.3 is 0 Å².